The fourth-order valence-corrected chi connectivity index (χ4v) is 7.24. The number of fused-ring (bicyclic) bond motifs is 4. The topological polar surface area (TPSA) is 3.24 Å². The van der Waals surface area contributed by atoms with Crippen molar-refractivity contribution < 1.29 is 0 Å². The molecule has 0 aromatic heterocycles. The van der Waals surface area contributed by atoms with E-state index in [1.165, 1.54) is 55.3 Å². The minimum Gasteiger partial charge on any atom is -0.310 e. The van der Waals surface area contributed by atoms with E-state index in [4.69, 9.17) is 0 Å². The van der Waals surface area contributed by atoms with Crippen LogP contribution in [0.5, 0.6) is 0 Å². The van der Waals surface area contributed by atoms with Crippen molar-refractivity contribution in [2.75, 3.05) is 4.90 Å². The van der Waals surface area contributed by atoms with Crippen molar-refractivity contribution in [3.8, 4) is 33.4 Å². The first kappa shape index (κ1) is 26.2. The lowest BCUT2D eigenvalue weighted by Crippen LogP contribution is -2.16. The highest BCUT2D eigenvalue weighted by molar-refractivity contribution is 6.07. The monoisotopic (exact) mass is 563 g/mol. The second-order valence-corrected chi connectivity index (χ2v) is 12.2. The maximum Gasteiger partial charge on any atom is 0.0540 e. The number of rotatable bonds is 5. The predicted molar refractivity (Wildman–Crippen MR) is 187 cm³/mol. The molecule has 0 unspecified atom stereocenters. The van der Waals surface area contributed by atoms with Gasteiger partial charge in [-0.05, 0) is 92.4 Å². The van der Waals surface area contributed by atoms with Gasteiger partial charge in [0, 0.05) is 22.2 Å². The van der Waals surface area contributed by atoms with Crippen LogP contribution in [-0.4, -0.2) is 0 Å². The molecule has 0 bridgehead atoms. The molecule has 0 N–H and O–H groups in total. The molecule has 8 rings (SSSR count). The summed E-state index contributed by atoms with van der Waals surface area (Å²) in [6, 6.07) is 59.5. The van der Waals surface area contributed by atoms with E-state index in [9.17, 15) is 0 Å². The minimum absolute atomic E-state index is 0.0899. The molecular formula is C43H33N. The maximum atomic E-state index is 2.43. The molecule has 44 heavy (non-hydrogen) atoms. The van der Waals surface area contributed by atoms with Crippen molar-refractivity contribution in [3.05, 3.63) is 175 Å². The highest BCUT2D eigenvalue weighted by Gasteiger charge is 2.38. The predicted octanol–water partition coefficient (Wildman–Crippen LogP) is 11.9. The van der Waals surface area contributed by atoms with Gasteiger partial charge in [0.2, 0.25) is 0 Å². The molecule has 0 aliphatic heterocycles. The highest BCUT2D eigenvalue weighted by atomic mass is 15.1. The molecule has 1 nitrogen and oxygen atoms in total. The zero-order valence-electron chi connectivity index (χ0n) is 25.0. The van der Waals surface area contributed by atoms with Gasteiger partial charge in [0.25, 0.3) is 0 Å². The van der Waals surface area contributed by atoms with Crippen molar-refractivity contribution in [2.24, 2.45) is 0 Å². The van der Waals surface area contributed by atoms with Crippen LogP contribution in [0.25, 0.3) is 44.2 Å². The summed E-state index contributed by atoms with van der Waals surface area (Å²) in [7, 11) is 0. The molecule has 7 aromatic carbocycles. The van der Waals surface area contributed by atoms with Crippen LogP contribution in [0, 0.1) is 0 Å². The van der Waals surface area contributed by atoms with E-state index in [2.05, 4.69) is 183 Å². The zero-order valence-corrected chi connectivity index (χ0v) is 25.0. The Kier molecular flexibility index (Phi) is 6.20. The smallest absolute Gasteiger partial charge is 0.0540 e. The summed E-state index contributed by atoms with van der Waals surface area (Å²) in [6.07, 6.45) is 0. The zero-order chi connectivity index (χ0) is 29.7. The minimum atomic E-state index is -0.0899. The second kappa shape index (κ2) is 10.4. The fourth-order valence-electron chi connectivity index (χ4n) is 7.24. The number of benzene rings is 7. The summed E-state index contributed by atoms with van der Waals surface area (Å²) < 4.78 is 0. The van der Waals surface area contributed by atoms with Crippen LogP contribution in [-0.2, 0) is 5.41 Å². The Bertz CT molecular complexity index is 2090. The first-order valence-corrected chi connectivity index (χ1v) is 15.4. The molecule has 0 saturated heterocycles. The molecule has 0 atom stereocenters. The van der Waals surface area contributed by atoms with E-state index < -0.39 is 0 Å². The standard InChI is InChI=1S/C43H33N/c1-43(2)40-25-15-14-23-36(40)39-29-31(28-38(42(39)43)30-16-6-3-7-17-30)34-26-27-41(37-24-13-12-22-35(34)37)44(32-18-8-4-9-19-32)33-20-10-5-11-21-33/h3-29H,1-2H3. The van der Waals surface area contributed by atoms with Gasteiger partial charge in [0.15, 0.2) is 0 Å². The Morgan fingerprint density at radius 1 is 0.409 bits per heavy atom. The van der Waals surface area contributed by atoms with E-state index >= 15 is 0 Å². The van der Waals surface area contributed by atoms with Crippen molar-refractivity contribution in [3.63, 3.8) is 0 Å². The normalized spacial score (nSPS) is 13.0. The molecular weight excluding hydrogens is 530 g/mol. The summed E-state index contributed by atoms with van der Waals surface area (Å²) in [4.78, 5) is 2.36. The van der Waals surface area contributed by atoms with Crippen molar-refractivity contribution in [1.29, 1.82) is 0 Å². The Morgan fingerprint density at radius 2 is 0.955 bits per heavy atom. The van der Waals surface area contributed by atoms with Crippen LogP contribution in [0.1, 0.15) is 25.0 Å². The van der Waals surface area contributed by atoms with E-state index in [1.54, 1.807) is 0 Å². The quantitative estimate of drug-likeness (QED) is 0.201. The van der Waals surface area contributed by atoms with Gasteiger partial charge in [0.1, 0.15) is 0 Å². The van der Waals surface area contributed by atoms with Crippen molar-refractivity contribution in [1.82, 2.24) is 0 Å². The molecule has 7 aromatic rings. The lowest BCUT2D eigenvalue weighted by Gasteiger charge is -2.28. The van der Waals surface area contributed by atoms with E-state index in [-0.39, 0.29) is 5.41 Å². The molecule has 210 valence electrons. The summed E-state index contributed by atoms with van der Waals surface area (Å²) >= 11 is 0. The van der Waals surface area contributed by atoms with E-state index in [0.717, 1.165) is 17.1 Å². The van der Waals surface area contributed by atoms with Crippen molar-refractivity contribution >= 4 is 27.8 Å². The van der Waals surface area contributed by atoms with Crippen LogP contribution in [0.15, 0.2) is 164 Å². The van der Waals surface area contributed by atoms with Gasteiger partial charge in [-0.15, -0.1) is 0 Å². The Morgan fingerprint density at radius 3 is 1.64 bits per heavy atom. The van der Waals surface area contributed by atoms with Gasteiger partial charge in [-0.25, -0.2) is 0 Å². The van der Waals surface area contributed by atoms with Gasteiger partial charge in [0.05, 0.1) is 5.69 Å². The average Bonchev–Trinajstić information content (AvgIpc) is 3.32. The third kappa shape index (κ3) is 4.16. The summed E-state index contributed by atoms with van der Waals surface area (Å²) in [5.41, 5.74) is 13.9. The van der Waals surface area contributed by atoms with E-state index in [0.29, 0.717) is 0 Å². The SMILES string of the molecule is CC1(C)c2ccccc2-c2cc(-c3ccc(N(c4ccccc4)c4ccccc4)c4ccccc34)cc(-c3ccccc3)c21. The number of hydrogen-bond acceptors (Lipinski definition) is 1. The number of anilines is 3. The van der Waals surface area contributed by atoms with Crippen LogP contribution >= 0.6 is 0 Å². The van der Waals surface area contributed by atoms with Gasteiger partial charge in [-0.2, -0.15) is 0 Å². The lowest BCUT2D eigenvalue weighted by atomic mass is 9.78. The average molecular weight is 564 g/mol. The second-order valence-electron chi connectivity index (χ2n) is 12.2. The molecule has 0 saturated carbocycles. The summed E-state index contributed by atoms with van der Waals surface area (Å²) in [5.74, 6) is 0. The molecule has 0 amide bonds. The van der Waals surface area contributed by atoms with Gasteiger partial charge < -0.3 is 4.90 Å². The third-order valence-electron chi connectivity index (χ3n) is 9.22. The molecule has 0 spiro atoms. The Labute approximate surface area is 259 Å². The number of para-hydroxylation sites is 2. The Balaban J connectivity index is 1.39. The van der Waals surface area contributed by atoms with Crippen LogP contribution in [0.4, 0.5) is 17.1 Å². The van der Waals surface area contributed by atoms with Crippen LogP contribution in [0.2, 0.25) is 0 Å². The largest absolute Gasteiger partial charge is 0.310 e. The van der Waals surface area contributed by atoms with Gasteiger partial charge in [-0.1, -0.05) is 135 Å². The molecule has 1 aliphatic carbocycles. The molecule has 0 radical (unpaired) electrons. The number of nitrogens with zero attached hydrogens (tertiary/aromatic N) is 1. The fraction of sp³-hybridized carbons (Fsp3) is 0.0698. The van der Waals surface area contributed by atoms with Crippen LogP contribution in [0.3, 0.4) is 0 Å². The molecule has 1 heteroatoms. The summed E-state index contributed by atoms with van der Waals surface area (Å²) in [5, 5.41) is 2.46. The molecule has 0 fully saturated rings. The van der Waals surface area contributed by atoms with Gasteiger partial charge >= 0.3 is 0 Å². The third-order valence-corrected chi connectivity index (χ3v) is 9.22. The van der Waals surface area contributed by atoms with Crippen LogP contribution < -0.4 is 4.90 Å². The summed E-state index contributed by atoms with van der Waals surface area (Å²) in [6.45, 7) is 4.74. The first-order valence-electron chi connectivity index (χ1n) is 15.4. The highest BCUT2D eigenvalue weighted by Crippen LogP contribution is 2.54. The molecule has 0 heterocycles. The Hall–Kier alpha value is -5.40. The van der Waals surface area contributed by atoms with Gasteiger partial charge in [-0.3, -0.25) is 0 Å². The lowest BCUT2D eigenvalue weighted by molar-refractivity contribution is 0.662. The van der Waals surface area contributed by atoms with E-state index in [1.807, 2.05) is 0 Å². The first-order chi connectivity index (χ1) is 21.6. The maximum absolute atomic E-state index is 2.43. The number of hydrogen-bond donors (Lipinski definition) is 0. The van der Waals surface area contributed by atoms with Crippen molar-refractivity contribution in [2.45, 2.75) is 19.3 Å². The molecule has 1 aliphatic rings.